The number of hydrogen-bond acceptors (Lipinski definition) is 4. The van der Waals surface area contributed by atoms with Gasteiger partial charge in [-0.25, -0.2) is 4.68 Å². The lowest BCUT2D eigenvalue weighted by Gasteiger charge is -2.38. The number of carbonyl (C=O) groups excluding carboxylic acids is 1. The Morgan fingerprint density at radius 3 is 2.67 bits per heavy atom. The van der Waals surface area contributed by atoms with Crippen molar-refractivity contribution >= 4 is 17.5 Å². The lowest BCUT2D eigenvalue weighted by molar-refractivity contribution is -0.133. The quantitative estimate of drug-likeness (QED) is 0.469. The minimum atomic E-state index is -0.390. The van der Waals surface area contributed by atoms with Crippen LogP contribution < -0.4 is 0 Å². The number of rotatable bonds is 5. The molecule has 1 aliphatic heterocycles. The Morgan fingerprint density at radius 1 is 1.03 bits per heavy atom. The number of aromatic hydroxyl groups is 1. The number of halogens is 1. The van der Waals surface area contributed by atoms with Crippen molar-refractivity contribution in [2.75, 3.05) is 6.54 Å². The van der Waals surface area contributed by atoms with Crippen molar-refractivity contribution in [3.05, 3.63) is 106 Å². The van der Waals surface area contributed by atoms with Crippen molar-refractivity contribution in [2.45, 2.75) is 25.3 Å². The van der Waals surface area contributed by atoms with E-state index in [1.54, 1.807) is 29.1 Å². The van der Waals surface area contributed by atoms with Crippen LogP contribution in [0.15, 0.2) is 79.0 Å². The fraction of sp³-hybridized carbons (Fsp3) is 0.192. The van der Waals surface area contributed by atoms with Gasteiger partial charge in [0.1, 0.15) is 5.75 Å². The van der Waals surface area contributed by atoms with Gasteiger partial charge in [-0.3, -0.25) is 4.79 Å². The molecule has 1 aliphatic rings. The third-order valence-corrected chi connectivity index (χ3v) is 6.34. The summed E-state index contributed by atoms with van der Waals surface area (Å²) in [5.41, 5.74) is 4.61. The first-order valence-corrected chi connectivity index (χ1v) is 11.3. The zero-order valence-electron chi connectivity index (χ0n) is 17.9. The highest BCUT2D eigenvalue weighted by atomic mass is 35.5. The van der Waals surface area contributed by atoms with Crippen LogP contribution in [-0.2, 0) is 17.6 Å². The molecule has 1 N–H and O–H groups in total. The predicted octanol–water partition coefficient (Wildman–Crippen LogP) is 4.73. The van der Waals surface area contributed by atoms with Crippen molar-refractivity contribution in [3.8, 4) is 11.4 Å². The van der Waals surface area contributed by atoms with E-state index < -0.39 is 6.04 Å². The third kappa shape index (κ3) is 4.22. The van der Waals surface area contributed by atoms with Crippen LogP contribution in [0.1, 0.15) is 34.8 Å². The van der Waals surface area contributed by atoms with E-state index in [2.05, 4.69) is 16.4 Å². The highest BCUT2D eigenvalue weighted by Gasteiger charge is 2.33. The summed E-state index contributed by atoms with van der Waals surface area (Å²) in [6.07, 6.45) is 3.28. The van der Waals surface area contributed by atoms with Crippen LogP contribution in [0.25, 0.3) is 5.69 Å². The number of phenolic OH excluding ortho intramolecular Hbond substituents is 1. The Morgan fingerprint density at radius 2 is 1.82 bits per heavy atom. The summed E-state index contributed by atoms with van der Waals surface area (Å²) in [4.78, 5) is 15.3. The summed E-state index contributed by atoms with van der Waals surface area (Å²) in [5.74, 6) is 0.139. The SMILES string of the molecule is O=C(CCc1cnnn1-c1ccccc1)N1CCc2ccccc2C1c1cc(Cl)ccc1O. The van der Waals surface area contributed by atoms with Crippen LogP contribution in [0.4, 0.5) is 0 Å². The summed E-state index contributed by atoms with van der Waals surface area (Å²) in [6.45, 7) is 0.572. The molecule has 1 unspecified atom stereocenters. The molecular weight excluding hydrogens is 436 g/mol. The fourth-order valence-electron chi connectivity index (χ4n) is 4.51. The molecule has 7 heteroatoms. The monoisotopic (exact) mass is 458 g/mol. The first-order valence-electron chi connectivity index (χ1n) is 10.9. The minimum Gasteiger partial charge on any atom is -0.508 e. The largest absolute Gasteiger partial charge is 0.508 e. The van der Waals surface area contributed by atoms with E-state index >= 15 is 0 Å². The van der Waals surface area contributed by atoms with Gasteiger partial charge in [-0.2, -0.15) is 0 Å². The van der Waals surface area contributed by atoms with Crippen LogP contribution in [0.5, 0.6) is 5.75 Å². The Labute approximate surface area is 197 Å². The molecular formula is C26H23ClN4O2. The highest BCUT2D eigenvalue weighted by Crippen LogP contribution is 2.40. The first kappa shape index (κ1) is 21.2. The van der Waals surface area contributed by atoms with Crippen LogP contribution in [0.2, 0.25) is 5.02 Å². The molecule has 0 fully saturated rings. The van der Waals surface area contributed by atoms with Crippen LogP contribution in [-0.4, -0.2) is 37.5 Å². The zero-order chi connectivity index (χ0) is 22.8. The van der Waals surface area contributed by atoms with E-state index in [-0.39, 0.29) is 11.7 Å². The maximum Gasteiger partial charge on any atom is 0.223 e. The Kier molecular flexibility index (Phi) is 5.84. The average molecular weight is 459 g/mol. The van der Waals surface area contributed by atoms with Gasteiger partial charge in [-0.15, -0.1) is 5.10 Å². The average Bonchev–Trinajstić information content (AvgIpc) is 3.32. The number of amides is 1. The van der Waals surface area contributed by atoms with Crippen molar-refractivity contribution in [2.24, 2.45) is 0 Å². The second-order valence-corrected chi connectivity index (χ2v) is 8.55. The number of hydrogen-bond donors (Lipinski definition) is 1. The molecule has 0 spiro atoms. The summed E-state index contributed by atoms with van der Waals surface area (Å²) in [6, 6.07) is 22.4. The number of benzene rings is 3. The van der Waals surface area contributed by atoms with Crippen LogP contribution >= 0.6 is 11.6 Å². The molecule has 1 atom stereocenters. The molecule has 0 saturated heterocycles. The minimum absolute atomic E-state index is 0.00897. The van der Waals surface area contributed by atoms with Gasteiger partial charge in [0.2, 0.25) is 5.91 Å². The van der Waals surface area contributed by atoms with E-state index in [1.165, 1.54) is 5.56 Å². The molecule has 1 aromatic heterocycles. The lowest BCUT2D eigenvalue weighted by atomic mass is 9.87. The number of para-hydroxylation sites is 1. The van der Waals surface area contributed by atoms with Gasteiger partial charge in [0.05, 0.1) is 23.6 Å². The third-order valence-electron chi connectivity index (χ3n) is 6.10. The summed E-state index contributed by atoms with van der Waals surface area (Å²) in [5, 5.41) is 19.4. The molecule has 2 heterocycles. The van der Waals surface area contributed by atoms with Gasteiger partial charge in [-0.05, 0) is 47.9 Å². The van der Waals surface area contributed by atoms with Crippen LogP contribution in [0, 0.1) is 0 Å². The van der Waals surface area contributed by atoms with Crippen molar-refractivity contribution in [1.82, 2.24) is 19.9 Å². The molecule has 3 aromatic carbocycles. The molecule has 166 valence electrons. The van der Waals surface area contributed by atoms with Gasteiger partial charge in [0.15, 0.2) is 0 Å². The second kappa shape index (κ2) is 9.08. The number of phenols is 1. The fourth-order valence-corrected chi connectivity index (χ4v) is 4.69. The number of nitrogens with zero attached hydrogens (tertiary/aromatic N) is 4. The number of carbonyl (C=O) groups is 1. The second-order valence-electron chi connectivity index (χ2n) is 8.11. The molecule has 0 aliphatic carbocycles. The van der Waals surface area contributed by atoms with E-state index in [1.807, 2.05) is 53.4 Å². The summed E-state index contributed by atoms with van der Waals surface area (Å²) >= 11 is 6.26. The lowest BCUT2D eigenvalue weighted by Crippen LogP contribution is -2.40. The van der Waals surface area contributed by atoms with E-state index in [4.69, 9.17) is 11.6 Å². The van der Waals surface area contributed by atoms with Crippen molar-refractivity contribution < 1.29 is 9.90 Å². The molecule has 0 radical (unpaired) electrons. The molecule has 1 amide bonds. The summed E-state index contributed by atoms with van der Waals surface area (Å²) < 4.78 is 1.76. The Hall–Kier alpha value is -3.64. The maximum absolute atomic E-state index is 13.5. The zero-order valence-corrected chi connectivity index (χ0v) is 18.7. The van der Waals surface area contributed by atoms with E-state index in [0.29, 0.717) is 30.0 Å². The predicted molar refractivity (Wildman–Crippen MR) is 126 cm³/mol. The topological polar surface area (TPSA) is 71.2 Å². The van der Waals surface area contributed by atoms with Gasteiger partial charge in [0, 0.05) is 30.0 Å². The van der Waals surface area contributed by atoms with Gasteiger partial charge >= 0.3 is 0 Å². The van der Waals surface area contributed by atoms with E-state index in [0.717, 1.165) is 23.4 Å². The maximum atomic E-state index is 13.5. The normalized spacial score (nSPS) is 15.3. The number of fused-ring (bicyclic) bond motifs is 1. The first-order chi connectivity index (χ1) is 16.1. The van der Waals surface area contributed by atoms with Gasteiger partial charge in [0.25, 0.3) is 0 Å². The van der Waals surface area contributed by atoms with Gasteiger partial charge < -0.3 is 10.0 Å². The number of aryl methyl sites for hydroxylation is 1. The molecule has 4 aromatic rings. The molecule has 0 saturated carbocycles. The van der Waals surface area contributed by atoms with Crippen molar-refractivity contribution in [1.29, 1.82) is 0 Å². The van der Waals surface area contributed by atoms with Crippen molar-refractivity contribution in [3.63, 3.8) is 0 Å². The smallest absolute Gasteiger partial charge is 0.223 e. The summed E-state index contributed by atoms with van der Waals surface area (Å²) in [7, 11) is 0. The standard InChI is InChI=1S/C26H23ClN4O2/c27-19-10-12-24(32)23(16-19)26-22-9-5-4-6-18(22)14-15-30(26)25(33)13-11-21-17-28-29-31(21)20-7-2-1-3-8-20/h1-10,12,16-17,26,32H,11,13-15H2. The molecule has 6 nitrogen and oxygen atoms in total. The van der Waals surface area contributed by atoms with E-state index in [9.17, 15) is 9.90 Å². The van der Waals surface area contributed by atoms with Gasteiger partial charge in [-0.1, -0.05) is 59.3 Å². The Balaban J connectivity index is 1.43. The Bertz CT molecular complexity index is 1290. The van der Waals surface area contributed by atoms with Crippen LogP contribution in [0.3, 0.4) is 0 Å². The highest BCUT2D eigenvalue weighted by molar-refractivity contribution is 6.30. The number of aromatic nitrogens is 3. The molecule has 33 heavy (non-hydrogen) atoms. The molecule has 5 rings (SSSR count). The molecule has 0 bridgehead atoms.